The van der Waals surface area contributed by atoms with Crippen LogP contribution in [0.25, 0.3) is 16.7 Å². The average Bonchev–Trinajstić information content (AvgIpc) is 3.14. The van der Waals surface area contributed by atoms with E-state index >= 15 is 0 Å². The van der Waals surface area contributed by atoms with Crippen LogP contribution in [0.15, 0.2) is 47.5 Å². The van der Waals surface area contributed by atoms with Crippen molar-refractivity contribution in [2.75, 3.05) is 18.5 Å². The summed E-state index contributed by atoms with van der Waals surface area (Å²) in [5, 5.41) is 7.20. The van der Waals surface area contributed by atoms with Crippen molar-refractivity contribution in [3.05, 3.63) is 69.9 Å². The molecular formula is C27H32FN7O. The van der Waals surface area contributed by atoms with E-state index in [0.717, 1.165) is 18.8 Å². The number of aromatic nitrogens is 5. The lowest BCUT2D eigenvalue weighted by Crippen LogP contribution is -2.38. The van der Waals surface area contributed by atoms with Gasteiger partial charge < -0.3 is 10.6 Å². The normalized spacial score (nSPS) is 15.2. The molecule has 0 amide bonds. The summed E-state index contributed by atoms with van der Waals surface area (Å²) in [5.41, 5.74) is 4.40. The molecule has 0 radical (unpaired) electrons. The van der Waals surface area contributed by atoms with Gasteiger partial charge in [0.1, 0.15) is 12.1 Å². The van der Waals surface area contributed by atoms with Gasteiger partial charge >= 0.3 is 0 Å². The molecule has 0 aliphatic carbocycles. The molecular weight excluding hydrogens is 457 g/mol. The highest BCUT2D eigenvalue weighted by atomic mass is 19.1. The fourth-order valence-corrected chi connectivity index (χ4v) is 4.84. The minimum Gasteiger partial charge on any atom is -0.324 e. The Kier molecular flexibility index (Phi) is 5.90. The number of halogens is 1. The van der Waals surface area contributed by atoms with Crippen LogP contribution in [0.2, 0.25) is 0 Å². The predicted octanol–water partition coefficient (Wildman–Crippen LogP) is 4.37. The van der Waals surface area contributed by atoms with Gasteiger partial charge in [0, 0.05) is 48.5 Å². The van der Waals surface area contributed by atoms with Gasteiger partial charge in [0.2, 0.25) is 5.95 Å². The third-order valence-electron chi connectivity index (χ3n) is 6.96. The van der Waals surface area contributed by atoms with Gasteiger partial charge in [-0.1, -0.05) is 33.8 Å². The number of alkyl halides is 1. The Morgan fingerprint density at radius 1 is 1.19 bits per heavy atom. The highest BCUT2D eigenvalue weighted by molar-refractivity contribution is 5.77. The van der Waals surface area contributed by atoms with Crippen LogP contribution >= 0.6 is 0 Å². The summed E-state index contributed by atoms with van der Waals surface area (Å²) in [6, 6.07) is 9.94. The van der Waals surface area contributed by atoms with Crippen molar-refractivity contribution in [3.63, 3.8) is 0 Å². The van der Waals surface area contributed by atoms with Crippen LogP contribution in [0.5, 0.6) is 0 Å². The predicted molar refractivity (Wildman–Crippen MR) is 140 cm³/mol. The molecule has 1 aliphatic heterocycles. The molecule has 3 aromatic heterocycles. The molecule has 0 saturated carbocycles. The maximum atomic E-state index is 13.7. The second-order valence-electron chi connectivity index (χ2n) is 10.7. The molecule has 2 N–H and O–H groups in total. The summed E-state index contributed by atoms with van der Waals surface area (Å²) < 4.78 is 17.0. The number of benzene rings is 1. The molecule has 0 saturated heterocycles. The maximum Gasteiger partial charge on any atom is 0.278 e. The molecule has 4 heterocycles. The van der Waals surface area contributed by atoms with Gasteiger partial charge in [-0.2, -0.15) is 4.98 Å². The highest BCUT2D eigenvalue weighted by Crippen LogP contribution is 2.32. The van der Waals surface area contributed by atoms with E-state index in [1.165, 1.54) is 11.1 Å². The zero-order valence-corrected chi connectivity index (χ0v) is 21.4. The summed E-state index contributed by atoms with van der Waals surface area (Å²) in [7, 11) is 0. The summed E-state index contributed by atoms with van der Waals surface area (Å²) in [6.07, 6.45) is 3.20. The molecule has 0 bridgehead atoms. The first kappa shape index (κ1) is 24.1. The van der Waals surface area contributed by atoms with E-state index in [9.17, 15) is 9.18 Å². The largest absolute Gasteiger partial charge is 0.324 e. The fraction of sp³-hybridized carbons (Fsp3) is 0.407. The van der Waals surface area contributed by atoms with E-state index in [4.69, 9.17) is 4.98 Å². The molecule has 0 fully saturated rings. The number of pyridine rings is 1. The van der Waals surface area contributed by atoms with E-state index in [0.29, 0.717) is 34.9 Å². The highest BCUT2D eigenvalue weighted by Gasteiger charge is 2.27. The maximum absolute atomic E-state index is 13.7. The van der Waals surface area contributed by atoms with Crippen molar-refractivity contribution >= 4 is 22.7 Å². The van der Waals surface area contributed by atoms with Crippen molar-refractivity contribution in [2.45, 2.75) is 58.5 Å². The lowest BCUT2D eigenvalue weighted by Gasteiger charge is -2.33. The van der Waals surface area contributed by atoms with Crippen molar-refractivity contribution < 1.29 is 4.39 Å². The number of rotatable bonds is 6. The molecule has 188 valence electrons. The van der Waals surface area contributed by atoms with Gasteiger partial charge in [0.25, 0.3) is 5.56 Å². The fourth-order valence-electron chi connectivity index (χ4n) is 4.84. The number of nitrogens with one attached hydrogen (secondary N) is 2. The molecule has 0 spiro atoms. The molecule has 4 aromatic rings. The molecule has 0 unspecified atom stereocenters. The monoisotopic (exact) mass is 489 g/mol. The molecule has 5 rings (SSSR count). The molecule has 8 nitrogen and oxygen atoms in total. The summed E-state index contributed by atoms with van der Waals surface area (Å²) >= 11 is 0. The standard InChI is InChI=1S/C27H32FN7O/c1-6-34-24(36)20-14-31-25(32-18-7-8-21-17(11-18)13-29-16-27(21,4)5)33-23(20)35(34)19-9-10-30-22(12-19)26(2,3)15-28/h7-12,14,29H,6,13,15-16H2,1-5H3,(H,31,32,33). The first-order chi connectivity index (χ1) is 17.1. The lowest BCUT2D eigenvalue weighted by atomic mass is 9.79. The molecule has 36 heavy (non-hydrogen) atoms. The number of nitrogens with zero attached hydrogens (tertiary/aromatic N) is 5. The number of hydrogen-bond acceptors (Lipinski definition) is 6. The second kappa shape index (κ2) is 8.81. The number of anilines is 2. The molecule has 9 heteroatoms. The van der Waals surface area contributed by atoms with E-state index in [1.54, 1.807) is 41.7 Å². The Hall–Kier alpha value is -3.59. The van der Waals surface area contributed by atoms with Crippen LogP contribution in [0.1, 0.15) is 51.4 Å². The smallest absolute Gasteiger partial charge is 0.278 e. The Balaban J connectivity index is 1.58. The summed E-state index contributed by atoms with van der Waals surface area (Å²) in [5.74, 6) is 0.394. The molecule has 1 aliphatic rings. The van der Waals surface area contributed by atoms with E-state index in [2.05, 4.69) is 46.6 Å². The van der Waals surface area contributed by atoms with Crippen LogP contribution in [-0.4, -0.2) is 37.5 Å². The number of hydrogen-bond donors (Lipinski definition) is 2. The summed E-state index contributed by atoms with van der Waals surface area (Å²) in [6.45, 7) is 11.6. The second-order valence-corrected chi connectivity index (χ2v) is 10.7. The zero-order valence-electron chi connectivity index (χ0n) is 21.4. The Bertz CT molecular complexity index is 1500. The summed E-state index contributed by atoms with van der Waals surface area (Å²) in [4.78, 5) is 26.7. The van der Waals surface area contributed by atoms with Crippen LogP contribution in [0, 0.1) is 0 Å². The third-order valence-corrected chi connectivity index (χ3v) is 6.96. The van der Waals surface area contributed by atoms with Gasteiger partial charge in [-0.25, -0.2) is 14.3 Å². The zero-order chi connectivity index (χ0) is 25.7. The van der Waals surface area contributed by atoms with Crippen LogP contribution < -0.4 is 16.2 Å². The van der Waals surface area contributed by atoms with Crippen LogP contribution in [0.4, 0.5) is 16.0 Å². The molecule has 1 aromatic carbocycles. The first-order valence-corrected chi connectivity index (χ1v) is 12.3. The van der Waals surface area contributed by atoms with Crippen LogP contribution in [0.3, 0.4) is 0 Å². The quantitative estimate of drug-likeness (QED) is 0.418. The van der Waals surface area contributed by atoms with Crippen molar-refractivity contribution in [3.8, 4) is 5.69 Å². The topological polar surface area (TPSA) is 89.7 Å². The van der Waals surface area contributed by atoms with Crippen molar-refractivity contribution in [1.82, 2.24) is 29.6 Å². The van der Waals surface area contributed by atoms with Gasteiger partial charge in [-0.05, 0) is 42.3 Å². The molecule has 0 atom stereocenters. The van der Waals surface area contributed by atoms with Crippen molar-refractivity contribution in [2.24, 2.45) is 0 Å². The van der Waals surface area contributed by atoms with Crippen molar-refractivity contribution in [1.29, 1.82) is 0 Å². The minimum absolute atomic E-state index is 0.0702. The third kappa shape index (κ3) is 4.07. The van der Waals surface area contributed by atoms with E-state index in [1.807, 2.05) is 19.1 Å². The van der Waals surface area contributed by atoms with E-state index in [-0.39, 0.29) is 11.0 Å². The average molecular weight is 490 g/mol. The lowest BCUT2D eigenvalue weighted by molar-refractivity contribution is 0.344. The van der Waals surface area contributed by atoms with Crippen LogP contribution in [-0.2, 0) is 23.9 Å². The van der Waals surface area contributed by atoms with E-state index < -0.39 is 12.1 Å². The Morgan fingerprint density at radius 3 is 2.75 bits per heavy atom. The number of fused-ring (bicyclic) bond motifs is 2. The van der Waals surface area contributed by atoms with Gasteiger partial charge in [0.05, 0.1) is 11.4 Å². The van der Waals surface area contributed by atoms with Gasteiger partial charge in [0.15, 0.2) is 5.65 Å². The Labute approximate surface area is 209 Å². The van der Waals surface area contributed by atoms with Gasteiger partial charge in [-0.3, -0.25) is 14.2 Å². The SMILES string of the molecule is CCn1c(=O)c2cnc(Nc3ccc4c(c3)CNCC4(C)C)nc2n1-c1ccnc(C(C)(C)CF)c1. The van der Waals surface area contributed by atoms with Gasteiger partial charge in [-0.15, -0.1) is 0 Å². The first-order valence-electron chi connectivity index (χ1n) is 12.3. The minimum atomic E-state index is -0.742. The Morgan fingerprint density at radius 2 is 2.00 bits per heavy atom.